The van der Waals surface area contributed by atoms with Gasteiger partial charge in [-0.3, -0.25) is 4.79 Å². The second kappa shape index (κ2) is 8.64. The molecule has 1 fully saturated rings. The van der Waals surface area contributed by atoms with Gasteiger partial charge in [0.1, 0.15) is 16.1 Å². The van der Waals surface area contributed by atoms with Crippen LogP contribution in [0.5, 0.6) is 0 Å². The molecule has 1 N–H and O–H groups in total. The minimum Gasteiger partial charge on any atom is -0.346 e. The number of halogens is 1. The Morgan fingerprint density at radius 2 is 2.07 bits per heavy atom. The number of hydrogen-bond donors (Lipinski definition) is 1. The second-order valence-corrected chi connectivity index (χ2v) is 9.32. The van der Waals surface area contributed by atoms with Crippen LogP contribution in [0.1, 0.15) is 0 Å². The molecule has 1 aromatic carbocycles. The molecule has 27 heavy (non-hydrogen) atoms. The van der Waals surface area contributed by atoms with E-state index in [1.807, 2.05) is 23.9 Å². The van der Waals surface area contributed by atoms with Crippen molar-refractivity contribution in [3.8, 4) is 0 Å². The number of benzene rings is 1. The van der Waals surface area contributed by atoms with Gasteiger partial charge in [0, 0.05) is 24.6 Å². The molecule has 10 heteroatoms. The van der Waals surface area contributed by atoms with Gasteiger partial charge < -0.3 is 10.2 Å². The van der Waals surface area contributed by atoms with Gasteiger partial charge in [-0.25, -0.2) is 9.97 Å². The van der Waals surface area contributed by atoms with E-state index in [0.717, 1.165) is 39.5 Å². The zero-order chi connectivity index (χ0) is 18.6. The summed E-state index contributed by atoms with van der Waals surface area (Å²) >= 11 is 11.0. The van der Waals surface area contributed by atoms with Crippen molar-refractivity contribution in [2.75, 3.05) is 40.6 Å². The highest BCUT2D eigenvalue weighted by molar-refractivity contribution is 8.00. The number of nitrogens with zero attached hydrogens (tertiary/aromatic N) is 4. The third kappa shape index (κ3) is 4.48. The van der Waals surface area contributed by atoms with E-state index >= 15 is 0 Å². The summed E-state index contributed by atoms with van der Waals surface area (Å²) in [6.45, 7) is 2.00. The standard InChI is InChI=1S/C17H16ClN5OS3/c18-11-3-1-2-4-12(11)21-13(24)9-26-16-14-15(19-10-20-16)22-17(27-14)23-5-7-25-8-6-23/h1-4,10H,5-9H2,(H,21,24). The fraction of sp³-hybridized carbons (Fsp3) is 0.294. The Balaban J connectivity index is 1.46. The van der Waals surface area contributed by atoms with Crippen LogP contribution < -0.4 is 10.2 Å². The van der Waals surface area contributed by atoms with Crippen LogP contribution in [0.25, 0.3) is 10.3 Å². The number of amides is 1. The number of hydrogen-bond acceptors (Lipinski definition) is 8. The van der Waals surface area contributed by atoms with E-state index in [-0.39, 0.29) is 11.7 Å². The molecule has 3 aromatic rings. The average molecular weight is 438 g/mol. The van der Waals surface area contributed by atoms with Gasteiger partial charge in [0.2, 0.25) is 5.91 Å². The number of anilines is 2. The van der Waals surface area contributed by atoms with Gasteiger partial charge in [-0.15, -0.1) is 0 Å². The quantitative estimate of drug-likeness (QED) is 0.477. The number of para-hydroxylation sites is 1. The Hall–Kier alpha value is -1.55. The van der Waals surface area contributed by atoms with Crippen LogP contribution in [0.2, 0.25) is 5.02 Å². The largest absolute Gasteiger partial charge is 0.346 e. The molecule has 0 atom stereocenters. The third-order valence-electron chi connectivity index (χ3n) is 3.92. The molecular weight excluding hydrogens is 422 g/mol. The second-order valence-electron chi connectivity index (χ2n) is 5.74. The molecule has 0 bridgehead atoms. The van der Waals surface area contributed by atoms with Crippen LogP contribution in [0.4, 0.5) is 10.8 Å². The van der Waals surface area contributed by atoms with Crippen molar-refractivity contribution < 1.29 is 4.79 Å². The van der Waals surface area contributed by atoms with Crippen LogP contribution in [0.15, 0.2) is 35.6 Å². The van der Waals surface area contributed by atoms with Crippen molar-refractivity contribution in [2.24, 2.45) is 0 Å². The summed E-state index contributed by atoms with van der Waals surface area (Å²) in [5.41, 5.74) is 1.30. The number of aromatic nitrogens is 3. The number of fused-ring (bicyclic) bond motifs is 1. The number of nitrogens with one attached hydrogen (secondary N) is 1. The number of thiazole rings is 1. The Labute approximate surface area is 174 Å². The summed E-state index contributed by atoms with van der Waals surface area (Å²) in [7, 11) is 0. The first-order chi connectivity index (χ1) is 13.2. The van der Waals surface area contributed by atoms with Gasteiger partial charge >= 0.3 is 0 Å². The normalized spacial score (nSPS) is 14.5. The number of carbonyl (C=O) groups excluding carboxylic acids is 1. The van der Waals surface area contributed by atoms with Gasteiger partial charge in [-0.1, -0.05) is 46.8 Å². The first-order valence-electron chi connectivity index (χ1n) is 8.32. The summed E-state index contributed by atoms with van der Waals surface area (Å²) in [5, 5.41) is 5.11. The molecule has 1 saturated heterocycles. The number of carbonyl (C=O) groups is 1. The molecule has 3 heterocycles. The molecule has 0 radical (unpaired) electrons. The van der Waals surface area contributed by atoms with Gasteiger partial charge in [0.05, 0.1) is 16.5 Å². The summed E-state index contributed by atoms with van der Waals surface area (Å²) in [6, 6.07) is 7.18. The van der Waals surface area contributed by atoms with Crippen LogP contribution in [-0.4, -0.2) is 51.2 Å². The number of thioether (sulfide) groups is 2. The predicted molar refractivity (Wildman–Crippen MR) is 116 cm³/mol. The van der Waals surface area contributed by atoms with Crippen LogP contribution >= 0.6 is 46.5 Å². The minimum absolute atomic E-state index is 0.127. The molecule has 140 valence electrons. The minimum atomic E-state index is -0.127. The lowest BCUT2D eigenvalue weighted by molar-refractivity contribution is -0.113. The van der Waals surface area contributed by atoms with Crippen molar-refractivity contribution in [3.63, 3.8) is 0 Å². The molecule has 2 aromatic heterocycles. The van der Waals surface area contributed by atoms with Crippen molar-refractivity contribution in [1.82, 2.24) is 15.0 Å². The third-order valence-corrected chi connectivity index (χ3v) is 7.42. The maximum atomic E-state index is 12.3. The molecule has 6 nitrogen and oxygen atoms in total. The molecule has 1 amide bonds. The lowest BCUT2D eigenvalue weighted by Gasteiger charge is -2.25. The Morgan fingerprint density at radius 1 is 1.26 bits per heavy atom. The maximum Gasteiger partial charge on any atom is 0.234 e. The van der Waals surface area contributed by atoms with E-state index in [9.17, 15) is 4.79 Å². The van der Waals surface area contributed by atoms with Crippen molar-refractivity contribution in [2.45, 2.75) is 5.03 Å². The van der Waals surface area contributed by atoms with Crippen LogP contribution in [0.3, 0.4) is 0 Å². The van der Waals surface area contributed by atoms with E-state index < -0.39 is 0 Å². The molecule has 1 aliphatic heterocycles. The van der Waals surface area contributed by atoms with Crippen LogP contribution in [-0.2, 0) is 4.79 Å². The van der Waals surface area contributed by atoms with Gasteiger partial charge in [-0.2, -0.15) is 16.7 Å². The highest BCUT2D eigenvalue weighted by Crippen LogP contribution is 2.34. The summed E-state index contributed by atoms with van der Waals surface area (Å²) in [5.74, 6) is 2.35. The zero-order valence-corrected chi connectivity index (χ0v) is 17.4. The summed E-state index contributed by atoms with van der Waals surface area (Å²) in [6.07, 6.45) is 1.51. The molecule has 0 saturated carbocycles. The number of rotatable bonds is 5. The molecule has 0 spiro atoms. The molecular formula is C17H16ClN5OS3. The molecule has 0 unspecified atom stereocenters. The maximum absolute atomic E-state index is 12.3. The fourth-order valence-electron chi connectivity index (χ4n) is 2.60. The molecule has 1 aliphatic rings. The van der Waals surface area contributed by atoms with E-state index in [2.05, 4.69) is 25.2 Å². The van der Waals surface area contributed by atoms with E-state index in [1.165, 1.54) is 18.1 Å². The topological polar surface area (TPSA) is 71.0 Å². The zero-order valence-electron chi connectivity index (χ0n) is 14.2. The van der Waals surface area contributed by atoms with E-state index in [1.54, 1.807) is 23.5 Å². The van der Waals surface area contributed by atoms with Gasteiger partial charge in [-0.05, 0) is 12.1 Å². The van der Waals surface area contributed by atoms with E-state index in [4.69, 9.17) is 11.6 Å². The van der Waals surface area contributed by atoms with Crippen molar-refractivity contribution >= 4 is 73.5 Å². The molecule has 0 aliphatic carbocycles. The highest BCUT2D eigenvalue weighted by atomic mass is 35.5. The molecule has 4 rings (SSSR count). The van der Waals surface area contributed by atoms with Gasteiger partial charge in [0.15, 0.2) is 10.8 Å². The van der Waals surface area contributed by atoms with Gasteiger partial charge in [0.25, 0.3) is 0 Å². The average Bonchev–Trinajstić information content (AvgIpc) is 3.14. The Bertz CT molecular complexity index is 961. The predicted octanol–water partition coefficient (Wildman–Crippen LogP) is 4.02. The lowest BCUT2D eigenvalue weighted by atomic mass is 10.3. The lowest BCUT2D eigenvalue weighted by Crippen LogP contribution is -2.32. The monoisotopic (exact) mass is 437 g/mol. The van der Waals surface area contributed by atoms with Crippen LogP contribution in [0, 0.1) is 0 Å². The summed E-state index contributed by atoms with van der Waals surface area (Å²) < 4.78 is 0.932. The first-order valence-corrected chi connectivity index (χ1v) is 11.7. The first kappa shape index (κ1) is 18.8. The Kier molecular flexibility index (Phi) is 6.01. The highest BCUT2D eigenvalue weighted by Gasteiger charge is 2.18. The summed E-state index contributed by atoms with van der Waals surface area (Å²) in [4.78, 5) is 27.9. The Morgan fingerprint density at radius 3 is 2.89 bits per heavy atom. The van der Waals surface area contributed by atoms with E-state index in [0.29, 0.717) is 16.4 Å². The SMILES string of the molecule is O=C(CSc1ncnc2nc(N3CCSCC3)sc12)Nc1ccccc1Cl. The smallest absolute Gasteiger partial charge is 0.234 e. The fourth-order valence-corrected chi connectivity index (χ4v) is 5.63. The van der Waals surface area contributed by atoms with Crippen molar-refractivity contribution in [1.29, 1.82) is 0 Å². The van der Waals surface area contributed by atoms with Crippen molar-refractivity contribution in [3.05, 3.63) is 35.6 Å².